The van der Waals surface area contributed by atoms with E-state index in [9.17, 15) is 9.59 Å². The van der Waals surface area contributed by atoms with E-state index in [0.29, 0.717) is 37.3 Å². The summed E-state index contributed by atoms with van der Waals surface area (Å²) in [6, 6.07) is 0. The summed E-state index contributed by atoms with van der Waals surface area (Å²) in [7, 11) is 2.80. The Kier molecular flexibility index (Phi) is 11.1. The first-order valence-corrected chi connectivity index (χ1v) is 11.2. The lowest BCUT2D eigenvalue weighted by Crippen LogP contribution is -2.40. The Balaban J connectivity index is 1.98. The van der Waals surface area contributed by atoms with E-state index < -0.39 is 0 Å². The number of unbranched alkanes of at least 4 members (excludes halogenated alkanes) is 7. The number of ketones is 2. The maximum absolute atomic E-state index is 13.1. The number of hydrogen-bond acceptors (Lipinski definition) is 7. The van der Waals surface area contributed by atoms with Crippen molar-refractivity contribution in [3.8, 4) is 0 Å². The summed E-state index contributed by atoms with van der Waals surface area (Å²) in [5.41, 5.74) is 1.12. The first-order valence-electron chi connectivity index (χ1n) is 11.2. The minimum absolute atomic E-state index is 0.0115. The molecule has 30 heavy (non-hydrogen) atoms. The monoisotopic (exact) mass is 423 g/mol. The second kappa shape index (κ2) is 13.6. The second-order valence-corrected chi connectivity index (χ2v) is 7.87. The van der Waals surface area contributed by atoms with Crippen LogP contribution in [0.4, 0.5) is 0 Å². The molecule has 0 aromatic heterocycles. The van der Waals surface area contributed by atoms with Crippen LogP contribution in [0, 0.1) is 0 Å². The van der Waals surface area contributed by atoms with Gasteiger partial charge < -0.3 is 19.3 Å². The van der Waals surface area contributed by atoms with Crippen LogP contribution in [0.3, 0.4) is 0 Å². The summed E-state index contributed by atoms with van der Waals surface area (Å²) in [5.74, 6) is -0.426. The topological polar surface area (TPSA) is 85.3 Å². The molecule has 1 saturated heterocycles. The number of Topliss-reactive ketones (excluding diaryl/α,β-unsaturated/α-hetero) is 2. The Bertz CT molecular complexity index is 634. The van der Waals surface area contributed by atoms with Crippen molar-refractivity contribution in [3.05, 3.63) is 22.7 Å². The van der Waals surface area contributed by atoms with Crippen molar-refractivity contribution >= 4 is 11.6 Å². The molecule has 1 fully saturated rings. The number of aliphatic hydroxyl groups is 1. The third-order valence-corrected chi connectivity index (χ3v) is 5.76. The van der Waals surface area contributed by atoms with Crippen molar-refractivity contribution in [1.82, 2.24) is 4.90 Å². The highest BCUT2D eigenvalue weighted by Gasteiger charge is 2.37. The first-order chi connectivity index (χ1) is 14.6. The van der Waals surface area contributed by atoms with Crippen LogP contribution >= 0.6 is 0 Å². The molecule has 0 bridgehead atoms. The number of carbonyl (C=O) groups is 2. The number of nitrogens with zero attached hydrogens (tertiary/aromatic N) is 1. The Morgan fingerprint density at radius 1 is 0.800 bits per heavy atom. The zero-order valence-corrected chi connectivity index (χ0v) is 18.5. The Morgan fingerprint density at radius 3 is 1.83 bits per heavy atom. The molecule has 0 amide bonds. The van der Waals surface area contributed by atoms with Gasteiger partial charge in [0.15, 0.2) is 0 Å². The van der Waals surface area contributed by atoms with Crippen molar-refractivity contribution in [2.45, 2.75) is 57.8 Å². The smallest absolute Gasteiger partial charge is 0.229 e. The molecule has 1 aliphatic heterocycles. The lowest BCUT2D eigenvalue weighted by Gasteiger charge is -2.30. The normalized spacial score (nSPS) is 18.4. The number of carbonyl (C=O) groups excluding carboxylic acids is 2. The van der Waals surface area contributed by atoms with Gasteiger partial charge in [-0.25, -0.2) is 0 Å². The quantitative estimate of drug-likeness (QED) is 0.340. The van der Waals surface area contributed by atoms with Crippen LogP contribution in [-0.4, -0.2) is 75.2 Å². The van der Waals surface area contributed by atoms with E-state index in [0.717, 1.165) is 58.0 Å². The minimum atomic E-state index is -0.237. The molecule has 0 spiro atoms. The largest absolute Gasteiger partial charge is 0.489 e. The molecule has 2 aliphatic rings. The summed E-state index contributed by atoms with van der Waals surface area (Å²) in [4.78, 5) is 28.3. The summed E-state index contributed by atoms with van der Waals surface area (Å²) < 4.78 is 15.9. The maximum atomic E-state index is 13.1. The van der Waals surface area contributed by atoms with Gasteiger partial charge in [-0.05, 0) is 19.3 Å². The molecule has 1 heterocycles. The molecule has 0 atom stereocenters. The molecule has 2 rings (SSSR count). The molecular formula is C23H37NO6. The van der Waals surface area contributed by atoms with Crippen LogP contribution in [0.15, 0.2) is 22.7 Å². The number of hydrogen-bond donors (Lipinski definition) is 1. The fraction of sp³-hybridized carbons (Fsp3) is 0.739. The predicted octanol–water partition coefficient (Wildman–Crippen LogP) is 2.77. The zero-order valence-electron chi connectivity index (χ0n) is 18.5. The highest BCUT2D eigenvalue weighted by Crippen LogP contribution is 2.30. The Morgan fingerprint density at radius 2 is 1.30 bits per heavy atom. The summed E-state index contributed by atoms with van der Waals surface area (Å²) >= 11 is 0. The summed E-state index contributed by atoms with van der Waals surface area (Å²) in [6.07, 6.45) is 9.06. The minimum Gasteiger partial charge on any atom is -0.489 e. The molecule has 0 unspecified atom stereocenters. The van der Waals surface area contributed by atoms with Gasteiger partial charge in [-0.15, -0.1) is 0 Å². The van der Waals surface area contributed by atoms with Crippen LogP contribution in [0.25, 0.3) is 0 Å². The average Bonchev–Trinajstić information content (AvgIpc) is 2.77. The lowest BCUT2D eigenvalue weighted by atomic mass is 9.88. The van der Waals surface area contributed by atoms with E-state index in [1.807, 2.05) is 0 Å². The van der Waals surface area contributed by atoms with Crippen molar-refractivity contribution < 1.29 is 28.9 Å². The van der Waals surface area contributed by atoms with Gasteiger partial charge in [0.1, 0.15) is 0 Å². The molecule has 1 N–H and O–H groups in total. The summed E-state index contributed by atoms with van der Waals surface area (Å²) in [5, 5.41) is 8.81. The number of aliphatic hydroxyl groups excluding tert-OH is 1. The molecular weight excluding hydrogens is 386 g/mol. The van der Waals surface area contributed by atoms with E-state index in [1.54, 1.807) is 0 Å². The van der Waals surface area contributed by atoms with Gasteiger partial charge in [0, 0.05) is 37.4 Å². The SMILES string of the molecule is COC1=C(OC)C(=O)C(CN2CCOCC2)=C(CCCCCCCCCCO)C1=O. The lowest BCUT2D eigenvalue weighted by molar-refractivity contribution is -0.121. The number of methoxy groups -OCH3 is 2. The molecule has 0 aromatic carbocycles. The third-order valence-electron chi connectivity index (χ3n) is 5.76. The van der Waals surface area contributed by atoms with E-state index in [1.165, 1.54) is 20.6 Å². The fourth-order valence-electron chi connectivity index (χ4n) is 4.01. The van der Waals surface area contributed by atoms with Crippen LogP contribution in [0.5, 0.6) is 0 Å². The summed E-state index contributed by atoms with van der Waals surface area (Å²) in [6.45, 7) is 3.49. The number of allylic oxidation sites excluding steroid dienone is 2. The van der Waals surface area contributed by atoms with E-state index in [-0.39, 0.29) is 29.7 Å². The van der Waals surface area contributed by atoms with Gasteiger partial charge in [0.05, 0.1) is 27.4 Å². The van der Waals surface area contributed by atoms with E-state index in [4.69, 9.17) is 19.3 Å². The van der Waals surface area contributed by atoms with Gasteiger partial charge in [0.25, 0.3) is 0 Å². The molecule has 7 heteroatoms. The zero-order chi connectivity index (χ0) is 21.8. The van der Waals surface area contributed by atoms with Gasteiger partial charge in [-0.1, -0.05) is 38.5 Å². The van der Waals surface area contributed by atoms with Crippen LogP contribution < -0.4 is 0 Å². The second-order valence-electron chi connectivity index (χ2n) is 7.87. The third kappa shape index (κ3) is 6.93. The average molecular weight is 424 g/mol. The fourth-order valence-corrected chi connectivity index (χ4v) is 4.01. The van der Waals surface area contributed by atoms with Gasteiger partial charge in [0.2, 0.25) is 23.1 Å². The first kappa shape index (κ1) is 24.6. The predicted molar refractivity (Wildman–Crippen MR) is 114 cm³/mol. The molecule has 1 aliphatic carbocycles. The Labute approximate surface area is 180 Å². The standard InChI is InChI=1S/C23H37NO6/c1-28-22-20(26)18(11-9-7-5-3-4-6-8-10-14-25)19(21(27)23(22)29-2)17-24-12-15-30-16-13-24/h25H,3-17H2,1-2H3. The molecule has 0 saturated carbocycles. The van der Waals surface area contributed by atoms with E-state index in [2.05, 4.69) is 4.90 Å². The van der Waals surface area contributed by atoms with Crippen molar-refractivity contribution in [3.63, 3.8) is 0 Å². The number of rotatable bonds is 14. The molecule has 170 valence electrons. The maximum Gasteiger partial charge on any atom is 0.229 e. The van der Waals surface area contributed by atoms with Gasteiger partial charge in [-0.3, -0.25) is 14.5 Å². The number of ether oxygens (including phenoxy) is 3. The van der Waals surface area contributed by atoms with Crippen LogP contribution in [0.2, 0.25) is 0 Å². The van der Waals surface area contributed by atoms with Crippen molar-refractivity contribution in [2.24, 2.45) is 0 Å². The van der Waals surface area contributed by atoms with Crippen LogP contribution in [-0.2, 0) is 23.8 Å². The van der Waals surface area contributed by atoms with E-state index >= 15 is 0 Å². The molecule has 7 nitrogen and oxygen atoms in total. The van der Waals surface area contributed by atoms with Gasteiger partial charge >= 0.3 is 0 Å². The van der Waals surface area contributed by atoms with Crippen LogP contribution in [0.1, 0.15) is 57.8 Å². The molecule has 0 aromatic rings. The van der Waals surface area contributed by atoms with Crippen molar-refractivity contribution in [2.75, 3.05) is 53.7 Å². The molecule has 0 radical (unpaired) electrons. The highest BCUT2D eigenvalue weighted by molar-refractivity contribution is 6.23. The van der Waals surface area contributed by atoms with Crippen molar-refractivity contribution in [1.29, 1.82) is 0 Å². The number of morpholine rings is 1. The van der Waals surface area contributed by atoms with Gasteiger partial charge in [-0.2, -0.15) is 0 Å². The Hall–Kier alpha value is -1.70. The highest BCUT2D eigenvalue weighted by atomic mass is 16.5.